The van der Waals surface area contributed by atoms with Crippen molar-refractivity contribution in [2.24, 2.45) is 0 Å². The molecule has 6 nitrogen and oxygen atoms in total. The summed E-state index contributed by atoms with van der Waals surface area (Å²) in [4.78, 5) is 27.4. The van der Waals surface area contributed by atoms with Crippen molar-refractivity contribution in [3.05, 3.63) is 78.5 Å². The van der Waals surface area contributed by atoms with Gasteiger partial charge in [0, 0.05) is 24.4 Å². The summed E-state index contributed by atoms with van der Waals surface area (Å²) in [5.74, 6) is 1.20. The molecule has 0 atom stereocenters. The third-order valence-electron chi connectivity index (χ3n) is 3.42. The highest BCUT2D eigenvalue weighted by Crippen LogP contribution is 2.23. The molecular formula is C20H17N3O3. The normalized spacial score (nSPS) is 10.0. The molecular weight excluding hydrogens is 330 g/mol. The molecule has 1 aromatic heterocycles. The Balaban J connectivity index is 1.65. The number of amides is 2. The summed E-state index contributed by atoms with van der Waals surface area (Å²) in [6, 6.07) is 19.6. The summed E-state index contributed by atoms with van der Waals surface area (Å²) >= 11 is 0. The smallest absolute Gasteiger partial charge is 0.255 e. The Hall–Kier alpha value is -3.67. The van der Waals surface area contributed by atoms with Gasteiger partial charge in [-0.3, -0.25) is 9.59 Å². The third-order valence-corrected chi connectivity index (χ3v) is 3.42. The van der Waals surface area contributed by atoms with E-state index in [2.05, 4.69) is 15.6 Å². The van der Waals surface area contributed by atoms with Gasteiger partial charge in [-0.1, -0.05) is 18.2 Å². The lowest BCUT2D eigenvalue weighted by Crippen LogP contribution is -2.13. The first kappa shape index (κ1) is 17.2. The molecule has 0 aliphatic rings. The molecule has 3 aromatic rings. The van der Waals surface area contributed by atoms with Crippen LogP contribution in [0.25, 0.3) is 0 Å². The molecule has 0 aliphatic heterocycles. The van der Waals surface area contributed by atoms with Crippen LogP contribution in [0, 0.1) is 0 Å². The molecule has 2 aromatic carbocycles. The van der Waals surface area contributed by atoms with E-state index in [0.29, 0.717) is 22.8 Å². The Morgan fingerprint density at radius 3 is 2.27 bits per heavy atom. The Morgan fingerprint density at radius 2 is 1.58 bits per heavy atom. The van der Waals surface area contributed by atoms with E-state index >= 15 is 0 Å². The number of carbonyl (C=O) groups excluding carboxylic acids is 2. The van der Waals surface area contributed by atoms with E-state index in [-0.39, 0.29) is 11.8 Å². The molecule has 0 bridgehead atoms. The van der Waals surface area contributed by atoms with Crippen molar-refractivity contribution in [3.8, 4) is 11.5 Å². The van der Waals surface area contributed by atoms with Crippen LogP contribution in [0.4, 0.5) is 11.5 Å². The van der Waals surface area contributed by atoms with E-state index in [1.54, 1.807) is 30.3 Å². The van der Waals surface area contributed by atoms with Gasteiger partial charge in [0.2, 0.25) is 5.91 Å². The Bertz CT molecular complexity index is 909. The lowest BCUT2D eigenvalue weighted by atomic mass is 10.2. The highest BCUT2D eigenvalue weighted by molar-refractivity contribution is 6.05. The lowest BCUT2D eigenvalue weighted by Gasteiger charge is -2.09. The minimum Gasteiger partial charge on any atom is -0.457 e. The van der Waals surface area contributed by atoms with Gasteiger partial charge in [-0.2, -0.15) is 0 Å². The molecule has 6 heteroatoms. The number of pyridine rings is 1. The molecule has 0 radical (unpaired) electrons. The Kier molecular flexibility index (Phi) is 5.24. The predicted molar refractivity (Wildman–Crippen MR) is 99.5 cm³/mol. The number of anilines is 2. The van der Waals surface area contributed by atoms with Crippen molar-refractivity contribution in [3.63, 3.8) is 0 Å². The Labute approximate surface area is 150 Å². The molecule has 1 heterocycles. The van der Waals surface area contributed by atoms with Gasteiger partial charge in [0.05, 0.1) is 0 Å². The molecule has 26 heavy (non-hydrogen) atoms. The van der Waals surface area contributed by atoms with E-state index in [1.165, 1.54) is 19.2 Å². The van der Waals surface area contributed by atoms with E-state index in [0.717, 1.165) is 5.75 Å². The first-order valence-electron chi connectivity index (χ1n) is 7.98. The molecule has 2 amide bonds. The van der Waals surface area contributed by atoms with Crippen LogP contribution in [-0.2, 0) is 4.79 Å². The molecule has 3 rings (SSSR count). The summed E-state index contributed by atoms with van der Waals surface area (Å²) in [7, 11) is 0. The molecule has 0 spiro atoms. The molecule has 0 fully saturated rings. The summed E-state index contributed by atoms with van der Waals surface area (Å²) in [6.07, 6.45) is 1.47. The first-order chi connectivity index (χ1) is 12.6. The monoisotopic (exact) mass is 347 g/mol. The van der Waals surface area contributed by atoms with E-state index in [4.69, 9.17) is 4.74 Å². The van der Waals surface area contributed by atoms with Crippen molar-refractivity contribution in [2.45, 2.75) is 6.92 Å². The summed E-state index contributed by atoms with van der Waals surface area (Å²) in [5.41, 5.74) is 1.03. The minimum atomic E-state index is -0.296. The van der Waals surface area contributed by atoms with Gasteiger partial charge in [-0.25, -0.2) is 4.98 Å². The number of benzene rings is 2. The number of nitrogens with zero attached hydrogens (tertiary/aromatic N) is 1. The second kappa shape index (κ2) is 7.94. The Morgan fingerprint density at radius 1 is 0.885 bits per heavy atom. The van der Waals surface area contributed by atoms with Gasteiger partial charge >= 0.3 is 0 Å². The number of nitrogens with one attached hydrogen (secondary N) is 2. The van der Waals surface area contributed by atoms with E-state index in [1.807, 2.05) is 30.3 Å². The van der Waals surface area contributed by atoms with Crippen LogP contribution in [0.2, 0.25) is 0 Å². The second-order valence-corrected chi connectivity index (χ2v) is 5.50. The lowest BCUT2D eigenvalue weighted by molar-refractivity contribution is -0.114. The van der Waals surface area contributed by atoms with Gasteiger partial charge in [-0.15, -0.1) is 0 Å². The average Bonchev–Trinajstić information content (AvgIpc) is 2.64. The predicted octanol–water partition coefficient (Wildman–Crippen LogP) is 4.08. The largest absolute Gasteiger partial charge is 0.457 e. The number of ether oxygens (including phenoxy) is 1. The maximum Gasteiger partial charge on any atom is 0.255 e. The number of rotatable bonds is 5. The van der Waals surface area contributed by atoms with Gasteiger partial charge in [0.15, 0.2) is 0 Å². The minimum absolute atomic E-state index is 0.246. The zero-order valence-corrected chi connectivity index (χ0v) is 14.1. The standard InChI is InChI=1S/C20H17N3O3/c1-14(24)22-19-13-15(11-12-21-19)20(25)23-16-7-9-18(10-8-16)26-17-5-3-2-4-6-17/h2-13H,1H3,(H,23,25)(H,21,22,24). The SMILES string of the molecule is CC(=O)Nc1cc(C(=O)Nc2ccc(Oc3ccccc3)cc2)ccn1. The van der Waals surface area contributed by atoms with Crippen LogP contribution in [0.1, 0.15) is 17.3 Å². The highest BCUT2D eigenvalue weighted by Gasteiger charge is 2.08. The summed E-state index contributed by atoms with van der Waals surface area (Å²) in [6.45, 7) is 1.38. The zero-order chi connectivity index (χ0) is 18.4. The maximum atomic E-state index is 12.3. The van der Waals surface area contributed by atoms with Crippen LogP contribution >= 0.6 is 0 Å². The van der Waals surface area contributed by atoms with Gasteiger partial charge in [-0.05, 0) is 48.5 Å². The van der Waals surface area contributed by atoms with Crippen LogP contribution in [0.15, 0.2) is 72.9 Å². The average molecular weight is 347 g/mol. The first-order valence-corrected chi connectivity index (χ1v) is 7.98. The molecule has 0 aliphatic carbocycles. The quantitative estimate of drug-likeness (QED) is 0.729. The van der Waals surface area contributed by atoms with E-state index in [9.17, 15) is 9.59 Å². The molecule has 0 unspecified atom stereocenters. The molecule has 0 saturated carbocycles. The zero-order valence-electron chi connectivity index (χ0n) is 14.1. The number of aromatic nitrogens is 1. The number of hydrogen-bond donors (Lipinski definition) is 2. The van der Waals surface area contributed by atoms with Crippen LogP contribution in [-0.4, -0.2) is 16.8 Å². The van der Waals surface area contributed by atoms with Crippen molar-refractivity contribution in [1.29, 1.82) is 0 Å². The second-order valence-electron chi connectivity index (χ2n) is 5.50. The summed E-state index contributed by atoms with van der Waals surface area (Å²) in [5, 5.41) is 5.34. The molecule has 2 N–H and O–H groups in total. The number of carbonyl (C=O) groups is 2. The van der Waals surface area contributed by atoms with Crippen LogP contribution < -0.4 is 15.4 Å². The van der Waals surface area contributed by atoms with Crippen molar-refractivity contribution < 1.29 is 14.3 Å². The highest BCUT2D eigenvalue weighted by atomic mass is 16.5. The fraction of sp³-hybridized carbons (Fsp3) is 0.0500. The van der Waals surface area contributed by atoms with Crippen molar-refractivity contribution in [1.82, 2.24) is 4.98 Å². The van der Waals surface area contributed by atoms with E-state index < -0.39 is 0 Å². The molecule has 130 valence electrons. The summed E-state index contributed by atoms with van der Waals surface area (Å²) < 4.78 is 5.71. The van der Waals surface area contributed by atoms with Crippen molar-refractivity contribution in [2.75, 3.05) is 10.6 Å². The molecule has 0 saturated heterocycles. The number of para-hydroxylation sites is 1. The van der Waals surface area contributed by atoms with Gasteiger partial charge < -0.3 is 15.4 Å². The van der Waals surface area contributed by atoms with Crippen LogP contribution in [0.5, 0.6) is 11.5 Å². The fourth-order valence-electron chi connectivity index (χ4n) is 2.25. The topological polar surface area (TPSA) is 80.3 Å². The van der Waals surface area contributed by atoms with Gasteiger partial charge in [0.25, 0.3) is 5.91 Å². The van der Waals surface area contributed by atoms with Gasteiger partial charge in [0.1, 0.15) is 17.3 Å². The van der Waals surface area contributed by atoms with Crippen molar-refractivity contribution >= 4 is 23.3 Å². The fourth-order valence-corrected chi connectivity index (χ4v) is 2.25. The van der Waals surface area contributed by atoms with Crippen LogP contribution in [0.3, 0.4) is 0 Å². The maximum absolute atomic E-state index is 12.3. The third kappa shape index (κ3) is 4.67. The number of hydrogen-bond acceptors (Lipinski definition) is 4.